The van der Waals surface area contributed by atoms with Crippen molar-refractivity contribution in [3.8, 4) is 0 Å². The van der Waals surface area contributed by atoms with Gasteiger partial charge in [0.2, 0.25) is 5.91 Å². The molecule has 0 saturated carbocycles. The highest BCUT2D eigenvalue weighted by Gasteiger charge is 2.25. The van der Waals surface area contributed by atoms with Crippen LogP contribution in [0.5, 0.6) is 0 Å². The molecule has 2 fully saturated rings. The first kappa shape index (κ1) is 17.8. The molecule has 2 saturated heterocycles. The van der Waals surface area contributed by atoms with Crippen molar-refractivity contribution in [2.24, 2.45) is 5.92 Å². The maximum atomic E-state index is 12.4. The number of hydrogen-bond donors (Lipinski definition) is 0. The molecule has 2 aliphatic heterocycles. The molecule has 0 spiro atoms. The van der Waals surface area contributed by atoms with Gasteiger partial charge in [-0.05, 0) is 68.3 Å². The number of piperidine rings is 1. The number of aromatic nitrogens is 1. The van der Waals surface area contributed by atoms with Crippen molar-refractivity contribution < 1.29 is 4.79 Å². The van der Waals surface area contributed by atoms with Crippen LogP contribution in [0.1, 0.15) is 42.7 Å². The third-order valence-electron chi connectivity index (χ3n) is 5.84. The van der Waals surface area contributed by atoms with E-state index in [9.17, 15) is 4.79 Å². The topological polar surface area (TPSA) is 28.5 Å². The minimum atomic E-state index is 0.394. The van der Waals surface area contributed by atoms with E-state index in [0.29, 0.717) is 11.8 Å². The van der Waals surface area contributed by atoms with E-state index in [1.54, 1.807) is 0 Å². The van der Waals surface area contributed by atoms with Crippen LogP contribution in [0.4, 0.5) is 0 Å². The molecular formula is C21H29N3OS. The van der Waals surface area contributed by atoms with Gasteiger partial charge in [0.05, 0.1) is 6.54 Å². The van der Waals surface area contributed by atoms with Crippen molar-refractivity contribution in [1.29, 1.82) is 0 Å². The molecule has 4 rings (SSSR count). The lowest BCUT2D eigenvalue weighted by Gasteiger charge is -2.32. The summed E-state index contributed by atoms with van der Waals surface area (Å²) in [5.74, 6) is 0.975. The Balaban J connectivity index is 1.25. The number of carbonyl (C=O) groups is 1. The van der Waals surface area contributed by atoms with Gasteiger partial charge in [0, 0.05) is 42.8 Å². The second-order valence-electron chi connectivity index (χ2n) is 7.72. The molecular weight excluding hydrogens is 342 g/mol. The summed E-state index contributed by atoms with van der Waals surface area (Å²) in [6.07, 6.45) is 7.65. The number of amides is 1. The van der Waals surface area contributed by atoms with E-state index in [1.807, 2.05) is 11.3 Å². The van der Waals surface area contributed by atoms with E-state index in [2.05, 4.69) is 50.2 Å². The van der Waals surface area contributed by atoms with Crippen LogP contribution in [0.2, 0.25) is 0 Å². The van der Waals surface area contributed by atoms with E-state index < -0.39 is 0 Å². The molecule has 140 valence electrons. The van der Waals surface area contributed by atoms with Gasteiger partial charge in [-0.1, -0.05) is 6.07 Å². The van der Waals surface area contributed by atoms with Crippen LogP contribution in [-0.4, -0.2) is 46.5 Å². The lowest BCUT2D eigenvalue weighted by atomic mass is 9.93. The Morgan fingerprint density at radius 1 is 1.04 bits per heavy atom. The van der Waals surface area contributed by atoms with E-state index in [1.165, 1.54) is 23.4 Å². The molecule has 4 heterocycles. The number of thiophene rings is 1. The fourth-order valence-corrected chi connectivity index (χ4v) is 4.94. The third kappa shape index (κ3) is 4.38. The van der Waals surface area contributed by atoms with Gasteiger partial charge >= 0.3 is 0 Å². The third-order valence-corrected chi connectivity index (χ3v) is 6.71. The molecule has 0 N–H and O–H groups in total. The van der Waals surface area contributed by atoms with Gasteiger partial charge in [0.1, 0.15) is 0 Å². The first-order chi connectivity index (χ1) is 12.8. The molecule has 0 atom stereocenters. The Morgan fingerprint density at radius 3 is 2.58 bits per heavy atom. The number of likely N-dealkylation sites (tertiary alicyclic amines) is 2. The summed E-state index contributed by atoms with van der Waals surface area (Å²) >= 11 is 1.82. The molecule has 2 aromatic heterocycles. The fourth-order valence-electron chi connectivity index (χ4n) is 4.24. The van der Waals surface area contributed by atoms with Crippen LogP contribution in [0, 0.1) is 5.92 Å². The Hall–Kier alpha value is -1.59. The standard InChI is InChI=1S/C21H29N3OS/c25-21(23-9-1-2-10-23)15-18-7-12-22(13-8-18)16-19-5-3-11-24(19)17-20-6-4-14-26-20/h3-6,11,14,18H,1-2,7-10,12-13,15-17H2. The quantitative estimate of drug-likeness (QED) is 0.772. The first-order valence-electron chi connectivity index (χ1n) is 9.94. The molecule has 2 aliphatic rings. The molecule has 1 amide bonds. The highest BCUT2D eigenvalue weighted by molar-refractivity contribution is 7.09. The minimum Gasteiger partial charge on any atom is -0.345 e. The van der Waals surface area contributed by atoms with E-state index >= 15 is 0 Å². The normalized spacial score (nSPS) is 19.3. The summed E-state index contributed by atoms with van der Waals surface area (Å²) in [5.41, 5.74) is 1.39. The molecule has 0 aromatic carbocycles. The summed E-state index contributed by atoms with van der Waals surface area (Å²) in [4.78, 5) is 18.4. The highest BCUT2D eigenvalue weighted by atomic mass is 32.1. The van der Waals surface area contributed by atoms with Crippen LogP contribution in [0.15, 0.2) is 35.8 Å². The maximum Gasteiger partial charge on any atom is 0.222 e. The van der Waals surface area contributed by atoms with Crippen molar-refractivity contribution >= 4 is 17.2 Å². The van der Waals surface area contributed by atoms with Crippen molar-refractivity contribution in [3.63, 3.8) is 0 Å². The summed E-state index contributed by atoms with van der Waals surface area (Å²) in [5, 5.41) is 2.15. The molecule has 0 radical (unpaired) electrons. The SMILES string of the molecule is O=C(CC1CCN(Cc2cccn2Cc2cccs2)CC1)N1CCCC1. The van der Waals surface area contributed by atoms with Crippen LogP contribution < -0.4 is 0 Å². The van der Waals surface area contributed by atoms with Gasteiger partial charge in [-0.25, -0.2) is 0 Å². The van der Waals surface area contributed by atoms with E-state index in [0.717, 1.165) is 58.5 Å². The summed E-state index contributed by atoms with van der Waals surface area (Å²) < 4.78 is 2.37. The van der Waals surface area contributed by atoms with Gasteiger partial charge < -0.3 is 9.47 Å². The zero-order chi connectivity index (χ0) is 17.8. The van der Waals surface area contributed by atoms with Gasteiger partial charge in [-0.2, -0.15) is 0 Å². The molecule has 2 aromatic rings. The van der Waals surface area contributed by atoms with Crippen molar-refractivity contribution in [1.82, 2.24) is 14.4 Å². The van der Waals surface area contributed by atoms with Gasteiger partial charge in [-0.15, -0.1) is 11.3 Å². The number of nitrogens with zero attached hydrogens (tertiary/aromatic N) is 3. The maximum absolute atomic E-state index is 12.4. The average Bonchev–Trinajstić information content (AvgIpc) is 3.40. The number of rotatable bonds is 6. The summed E-state index contributed by atoms with van der Waals surface area (Å²) in [7, 11) is 0. The largest absolute Gasteiger partial charge is 0.345 e. The van der Waals surface area contributed by atoms with Gasteiger partial charge in [-0.3, -0.25) is 9.69 Å². The first-order valence-corrected chi connectivity index (χ1v) is 10.8. The Labute approximate surface area is 160 Å². The van der Waals surface area contributed by atoms with Crippen molar-refractivity contribution in [3.05, 3.63) is 46.4 Å². The monoisotopic (exact) mass is 371 g/mol. The van der Waals surface area contributed by atoms with E-state index in [-0.39, 0.29) is 0 Å². The Kier molecular flexibility index (Phi) is 5.75. The predicted molar refractivity (Wildman–Crippen MR) is 106 cm³/mol. The lowest BCUT2D eigenvalue weighted by Crippen LogP contribution is -2.36. The van der Waals surface area contributed by atoms with E-state index in [4.69, 9.17) is 0 Å². The smallest absolute Gasteiger partial charge is 0.222 e. The fraction of sp³-hybridized carbons (Fsp3) is 0.571. The lowest BCUT2D eigenvalue weighted by molar-refractivity contribution is -0.131. The zero-order valence-electron chi connectivity index (χ0n) is 15.5. The van der Waals surface area contributed by atoms with Crippen molar-refractivity contribution in [2.45, 2.75) is 45.2 Å². The molecule has 4 nitrogen and oxygen atoms in total. The van der Waals surface area contributed by atoms with Gasteiger partial charge in [0.15, 0.2) is 0 Å². The predicted octanol–water partition coefficient (Wildman–Crippen LogP) is 3.82. The van der Waals surface area contributed by atoms with Gasteiger partial charge in [0.25, 0.3) is 0 Å². The number of carbonyl (C=O) groups excluding carboxylic acids is 1. The van der Waals surface area contributed by atoms with Crippen molar-refractivity contribution in [2.75, 3.05) is 26.2 Å². The second-order valence-corrected chi connectivity index (χ2v) is 8.75. The average molecular weight is 372 g/mol. The Bertz CT molecular complexity index is 695. The molecule has 0 unspecified atom stereocenters. The molecule has 0 aliphatic carbocycles. The Morgan fingerprint density at radius 2 is 1.85 bits per heavy atom. The van der Waals surface area contributed by atoms with Crippen LogP contribution in [0.3, 0.4) is 0 Å². The summed E-state index contributed by atoms with van der Waals surface area (Å²) in [6, 6.07) is 8.73. The van der Waals surface area contributed by atoms with Crippen LogP contribution >= 0.6 is 11.3 Å². The molecule has 5 heteroatoms. The second kappa shape index (κ2) is 8.40. The minimum absolute atomic E-state index is 0.394. The zero-order valence-corrected chi connectivity index (χ0v) is 16.3. The van der Waals surface area contributed by atoms with Crippen LogP contribution in [0.25, 0.3) is 0 Å². The molecule has 26 heavy (non-hydrogen) atoms. The highest BCUT2D eigenvalue weighted by Crippen LogP contribution is 2.24. The molecule has 0 bridgehead atoms. The number of hydrogen-bond acceptors (Lipinski definition) is 3. The van der Waals surface area contributed by atoms with Crippen LogP contribution in [-0.2, 0) is 17.9 Å². The summed E-state index contributed by atoms with van der Waals surface area (Å²) in [6.45, 7) is 6.19.